The third kappa shape index (κ3) is 2.46. The van der Waals surface area contributed by atoms with Crippen molar-refractivity contribution in [1.29, 1.82) is 0 Å². The number of rotatable bonds is 2. The fourth-order valence-electron chi connectivity index (χ4n) is 2.41. The van der Waals surface area contributed by atoms with E-state index in [0.717, 1.165) is 16.8 Å². The number of nitrogens with one attached hydrogen (secondary N) is 1. The molecule has 0 saturated heterocycles. The minimum absolute atomic E-state index is 0.0718. The fraction of sp³-hybridized carbons (Fsp3) is 0.125. The zero-order valence-electron chi connectivity index (χ0n) is 12.0. The summed E-state index contributed by atoms with van der Waals surface area (Å²) in [6, 6.07) is 5.84. The van der Waals surface area contributed by atoms with Gasteiger partial charge in [0.25, 0.3) is 0 Å². The molecule has 0 aliphatic heterocycles. The van der Waals surface area contributed by atoms with E-state index in [2.05, 4.69) is 31.2 Å². The highest BCUT2D eigenvalue weighted by molar-refractivity contribution is 9.12. The van der Waals surface area contributed by atoms with Gasteiger partial charge in [-0.3, -0.25) is 9.59 Å². The summed E-state index contributed by atoms with van der Waals surface area (Å²) in [6.45, 7) is 3.94. The molecule has 1 N–H and O–H groups in total. The number of allylic oxidation sites excluding steroid dienone is 2. The van der Waals surface area contributed by atoms with E-state index in [4.69, 9.17) is 0 Å². The van der Waals surface area contributed by atoms with Gasteiger partial charge in [0.1, 0.15) is 17.1 Å². The highest BCUT2D eigenvalue weighted by Crippen LogP contribution is 2.28. The Balaban J connectivity index is 2.05. The van der Waals surface area contributed by atoms with Crippen LogP contribution in [0.1, 0.15) is 32.1 Å². The van der Waals surface area contributed by atoms with Crippen molar-refractivity contribution >= 4 is 33.2 Å². The number of carbonyl (C=O) groups excluding carboxylic acids is 2. The number of nitrogens with zero attached hydrogens (tertiary/aromatic N) is 2. The first kappa shape index (κ1) is 14.6. The summed E-state index contributed by atoms with van der Waals surface area (Å²) in [5.41, 5.74) is 3.21. The van der Waals surface area contributed by atoms with Crippen molar-refractivity contribution in [2.24, 2.45) is 0 Å². The topological polar surface area (TPSA) is 72.0 Å². The van der Waals surface area contributed by atoms with Gasteiger partial charge in [-0.05, 0) is 53.0 Å². The monoisotopic (exact) mass is 357 g/mol. The van der Waals surface area contributed by atoms with E-state index in [9.17, 15) is 9.59 Å². The van der Waals surface area contributed by atoms with Crippen LogP contribution in [-0.2, 0) is 0 Å². The lowest BCUT2D eigenvalue weighted by Gasteiger charge is -2.18. The van der Waals surface area contributed by atoms with E-state index in [0.29, 0.717) is 0 Å². The van der Waals surface area contributed by atoms with Crippen molar-refractivity contribution in [3.63, 3.8) is 0 Å². The molecule has 0 spiro atoms. The first-order valence-corrected chi connectivity index (χ1v) is 7.42. The van der Waals surface area contributed by atoms with Gasteiger partial charge >= 0.3 is 0 Å². The minimum Gasteiger partial charge on any atom is -0.351 e. The molecule has 0 radical (unpaired) electrons. The number of fused-ring (bicyclic) bond motifs is 1. The lowest BCUT2D eigenvalue weighted by Crippen LogP contribution is -2.26. The summed E-state index contributed by atoms with van der Waals surface area (Å²) in [5, 5.41) is 3.03. The van der Waals surface area contributed by atoms with Crippen LogP contribution in [0.2, 0.25) is 0 Å². The Labute approximate surface area is 135 Å². The van der Waals surface area contributed by atoms with Gasteiger partial charge in [-0.1, -0.05) is 6.07 Å². The van der Waals surface area contributed by atoms with Crippen LogP contribution in [-0.4, -0.2) is 21.5 Å². The molecule has 0 saturated carbocycles. The van der Waals surface area contributed by atoms with E-state index < -0.39 is 0 Å². The molecule has 0 bridgehead atoms. The molecule has 1 aliphatic carbocycles. The predicted molar refractivity (Wildman–Crippen MR) is 86.2 cm³/mol. The zero-order chi connectivity index (χ0) is 15.9. The smallest absolute Gasteiger partial charge is 0.231 e. The van der Waals surface area contributed by atoms with E-state index >= 15 is 0 Å². The summed E-state index contributed by atoms with van der Waals surface area (Å²) in [5.74, 6) is -0.705. The van der Waals surface area contributed by atoms with Gasteiger partial charge in [-0.15, -0.1) is 0 Å². The molecule has 5 nitrogen and oxygen atoms in total. The first-order chi connectivity index (χ1) is 10.5. The van der Waals surface area contributed by atoms with E-state index in [1.54, 1.807) is 0 Å². The van der Waals surface area contributed by atoms with Gasteiger partial charge in [-0.25, -0.2) is 9.97 Å². The minimum atomic E-state index is -0.353. The van der Waals surface area contributed by atoms with Crippen LogP contribution >= 0.6 is 15.9 Å². The SMILES string of the molecule is Cc1cc(C)cc(NC2=C(Br)C(=O)c3nccnc3C2=O)c1. The van der Waals surface area contributed by atoms with Crippen molar-refractivity contribution in [3.8, 4) is 0 Å². The molecule has 6 heteroatoms. The van der Waals surface area contributed by atoms with Crippen molar-refractivity contribution < 1.29 is 9.59 Å². The maximum absolute atomic E-state index is 12.5. The first-order valence-electron chi connectivity index (χ1n) is 6.63. The Kier molecular flexibility index (Phi) is 3.62. The molecule has 0 amide bonds. The standard InChI is InChI=1S/C16H12BrN3O2/c1-8-5-9(2)7-10(6-8)20-12-11(17)15(21)13-14(16(12)22)19-4-3-18-13/h3-7,20H,1-2H3. The summed E-state index contributed by atoms with van der Waals surface area (Å²) in [4.78, 5) is 32.8. The van der Waals surface area contributed by atoms with E-state index in [1.807, 2.05) is 32.0 Å². The highest BCUT2D eigenvalue weighted by atomic mass is 79.9. The number of hydrogen-bond acceptors (Lipinski definition) is 5. The molecule has 1 aromatic carbocycles. The van der Waals surface area contributed by atoms with Crippen LogP contribution in [0.15, 0.2) is 40.8 Å². The lowest BCUT2D eigenvalue weighted by atomic mass is 10.0. The second kappa shape index (κ2) is 5.46. The predicted octanol–water partition coefficient (Wildman–Crippen LogP) is 3.19. The van der Waals surface area contributed by atoms with Crippen LogP contribution in [0.3, 0.4) is 0 Å². The van der Waals surface area contributed by atoms with Crippen LogP contribution in [0.5, 0.6) is 0 Å². The number of Topliss-reactive ketones (excluding diaryl/α,β-unsaturated/α-hetero) is 2. The lowest BCUT2D eigenvalue weighted by molar-refractivity contribution is 0.0975. The Morgan fingerprint density at radius 1 is 0.909 bits per heavy atom. The number of ketones is 2. The van der Waals surface area contributed by atoms with Crippen LogP contribution in [0.4, 0.5) is 5.69 Å². The number of benzene rings is 1. The molecular weight excluding hydrogens is 346 g/mol. The number of anilines is 1. The van der Waals surface area contributed by atoms with Gasteiger partial charge in [0.2, 0.25) is 11.6 Å². The number of halogens is 1. The second-order valence-corrected chi connectivity index (χ2v) is 5.90. The number of aryl methyl sites for hydroxylation is 2. The maximum atomic E-state index is 12.5. The average Bonchev–Trinajstić information content (AvgIpc) is 2.48. The van der Waals surface area contributed by atoms with Gasteiger partial charge in [-0.2, -0.15) is 0 Å². The molecule has 0 atom stereocenters. The Hall–Kier alpha value is -2.34. The van der Waals surface area contributed by atoms with Crippen molar-refractivity contribution in [2.45, 2.75) is 13.8 Å². The highest BCUT2D eigenvalue weighted by Gasteiger charge is 2.33. The quantitative estimate of drug-likeness (QED) is 0.893. The zero-order valence-corrected chi connectivity index (χ0v) is 13.6. The van der Waals surface area contributed by atoms with Crippen LogP contribution < -0.4 is 5.32 Å². The van der Waals surface area contributed by atoms with Crippen molar-refractivity contribution in [3.05, 3.63) is 63.3 Å². The number of hydrogen-bond donors (Lipinski definition) is 1. The molecule has 1 aliphatic rings. The molecule has 1 aromatic heterocycles. The normalized spacial score (nSPS) is 14.1. The summed E-state index contributed by atoms with van der Waals surface area (Å²) in [6.07, 6.45) is 2.80. The van der Waals surface area contributed by atoms with E-state index in [1.165, 1.54) is 12.4 Å². The average molecular weight is 358 g/mol. The second-order valence-electron chi connectivity index (χ2n) is 5.10. The molecule has 2 aromatic rings. The van der Waals surface area contributed by atoms with Crippen LogP contribution in [0.25, 0.3) is 0 Å². The molecule has 0 unspecified atom stereocenters. The molecule has 3 rings (SSSR count). The van der Waals surface area contributed by atoms with Gasteiger partial charge < -0.3 is 5.32 Å². The Bertz CT molecular complexity index is 823. The number of carbonyl (C=O) groups is 2. The van der Waals surface area contributed by atoms with Crippen LogP contribution in [0, 0.1) is 13.8 Å². The van der Waals surface area contributed by atoms with Gasteiger partial charge in [0.15, 0.2) is 0 Å². The third-order valence-electron chi connectivity index (χ3n) is 3.27. The number of aromatic nitrogens is 2. The molecule has 1 heterocycles. The molecular formula is C16H12BrN3O2. The summed E-state index contributed by atoms with van der Waals surface area (Å²) in [7, 11) is 0. The molecule has 0 fully saturated rings. The van der Waals surface area contributed by atoms with E-state index in [-0.39, 0.29) is 33.1 Å². The van der Waals surface area contributed by atoms with Gasteiger partial charge in [0, 0.05) is 18.1 Å². The largest absolute Gasteiger partial charge is 0.351 e. The Morgan fingerprint density at radius 2 is 1.45 bits per heavy atom. The summed E-state index contributed by atoms with van der Waals surface area (Å²) >= 11 is 3.20. The molecule has 110 valence electrons. The fourth-order valence-corrected chi connectivity index (χ4v) is 2.88. The third-order valence-corrected chi connectivity index (χ3v) is 4.02. The Morgan fingerprint density at radius 3 is 2.05 bits per heavy atom. The molecule has 22 heavy (non-hydrogen) atoms. The summed E-state index contributed by atoms with van der Waals surface area (Å²) < 4.78 is 0.171. The van der Waals surface area contributed by atoms with Crippen molar-refractivity contribution in [2.75, 3.05) is 5.32 Å². The maximum Gasteiger partial charge on any atom is 0.231 e. The van der Waals surface area contributed by atoms with Crippen molar-refractivity contribution in [1.82, 2.24) is 9.97 Å². The van der Waals surface area contributed by atoms with Gasteiger partial charge in [0.05, 0.1) is 4.48 Å².